The highest BCUT2D eigenvalue weighted by Gasteiger charge is 2.46. The van der Waals surface area contributed by atoms with Crippen molar-refractivity contribution >= 4 is 17.4 Å². The zero-order chi connectivity index (χ0) is 27.9. The SMILES string of the molecule is COc1ccc(OCCN2C(=O)C(=O)/C(=C(\O)c3ccc(OCC(C)C)cc3)C2c2ccc(OC)cc2)cc1. The van der Waals surface area contributed by atoms with Crippen molar-refractivity contribution in [2.24, 2.45) is 5.92 Å². The lowest BCUT2D eigenvalue weighted by Gasteiger charge is -2.25. The molecule has 0 radical (unpaired) electrons. The number of ether oxygens (including phenoxy) is 4. The van der Waals surface area contributed by atoms with Crippen molar-refractivity contribution in [3.63, 3.8) is 0 Å². The largest absolute Gasteiger partial charge is 0.507 e. The first kappa shape index (κ1) is 27.6. The van der Waals surface area contributed by atoms with Gasteiger partial charge in [-0.2, -0.15) is 0 Å². The van der Waals surface area contributed by atoms with Crippen LogP contribution in [0.4, 0.5) is 0 Å². The fourth-order valence-electron chi connectivity index (χ4n) is 4.30. The van der Waals surface area contributed by atoms with Gasteiger partial charge in [0.05, 0.1) is 39.0 Å². The minimum atomic E-state index is -0.799. The molecule has 1 saturated heterocycles. The predicted octanol–water partition coefficient (Wildman–Crippen LogP) is 5.24. The topological polar surface area (TPSA) is 94.5 Å². The molecule has 1 aliphatic rings. The van der Waals surface area contributed by atoms with Crippen LogP contribution in [-0.2, 0) is 9.59 Å². The van der Waals surface area contributed by atoms with Crippen LogP contribution in [0.5, 0.6) is 23.0 Å². The maximum Gasteiger partial charge on any atom is 0.295 e. The summed E-state index contributed by atoms with van der Waals surface area (Å²) in [4.78, 5) is 27.9. The molecule has 1 amide bonds. The minimum absolute atomic E-state index is 0.0189. The van der Waals surface area contributed by atoms with E-state index >= 15 is 0 Å². The summed E-state index contributed by atoms with van der Waals surface area (Å²) >= 11 is 0. The lowest BCUT2D eigenvalue weighted by Crippen LogP contribution is -2.33. The van der Waals surface area contributed by atoms with Crippen molar-refractivity contribution in [2.45, 2.75) is 19.9 Å². The van der Waals surface area contributed by atoms with Crippen molar-refractivity contribution < 1.29 is 33.6 Å². The number of methoxy groups -OCH3 is 2. The maximum atomic E-state index is 13.3. The third-order valence-electron chi connectivity index (χ3n) is 6.34. The molecule has 1 N–H and O–H groups in total. The zero-order valence-corrected chi connectivity index (χ0v) is 22.5. The van der Waals surface area contributed by atoms with Crippen LogP contribution in [0.2, 0.25) is 0 Å². The summed E-state index contributed by atoms with van der Waals surface area (Å²) in [6.45, 7) is 4.95. The molecule has 1 aliphatic heterocycles. The maximum absolute atomic E-state index is 13.3. The molecular weight excluding hydrogens is 498 g/mol. The van der Waals surface area contributed by atoms with Gasteiger partial charge in [0.2, 0.25) is 0 Å². The van der Waals surface area contributed by atoms with Crippen LogP contribution in [0, 0.1) is 5.92 Å². The van der Waals surface area contributed by atoms with Crippen LogP contribution in [0.3, 0.4) is 0 Å². The van der Waals surface area contributed by atoms with Gasteiger partial charge in [0, 0.05) is 5.56 Å². The number of nitrogens with zero attached hydrogens (tertiary/aromatic N) is 1. The molecule has 0 saturated carbocycles. The van der Waals surface area contributed by atoms with E-state index in [1.807, 2.05) is 0 Å². The van der Waals surface area contributed by atoms with E-state index in [2.05, 4.69) is 13.8 Å². The second-order valence-corrected chi connectivity index (χ2v) is 9.52. The first-order chi connectivity index (χ1) is 18.8. The summed E-state index contributed by atoms with van der Waals surface area (Å²) in [6, 6.07) is 20.2. The zero-order valence-electron chi connectivity index (χ0n) is 22.5. The van der Waals surface area contributed by atoms with Crippen LogP contribution >= 0.6 is 0 Å². The van der Waals surface area contributed by atoms with Gasteiger partial charge in [0.15, 0.2) is 0 Å². The smallest absolute Gasteiger partial charge is 0.295 e. The van der Waals surface area contributed by atoms with Crippen molar-refractivity contribution in [3.8, 4) is 23.0 Å². The van der Waals surface area contributed by atoms with Crippen molar-refractivity contribution in [1.29, 1.82) is 0 Å². The Kier molecular flexibility index (Phi) is 8.76. The Labute approximate surface area is 228 Å². The number of likely N-dealkylation sites (tertiary alicyclic amines) is 1. The van der Waals surface area contributed by atoms with Crippen molar-refractivity contribution in [3.05, 3.63) is 89.5 Å². The predicted molar refractivity (Wildman–Crippen MR) is 147 cm³/mol. The number of amides is 1. The molecule has 1 heterocycles. The minimum Gasteiger partial charge on any atom is -0.507 e. The Morgan fingerprint density at radius 2 is 1.31 bits per heavy atom. The molecule has 1 atom stereocenters. The van der Waals surface area contributed by atoms with Crippen LogP contribution < -0.4 is 18.9 Å². The number of carbonyl (C=O) groups excluding carboxylic acids is 2. The highest BCUT2D eigenvalue weighted by Crippen LogP contribution is 2.40. The number of aliphatic hydroxyl groups excluding tert-OH is 1. The Balaban J connectivity index is 1.63. The second kappa shape index (κ2) is 12.4. The summed E-state index contributed by atoms with van der Waals surface area (Å²) in [5.41, 5.74) is 1.10. The average molecular weight is 532 g/mol. The van der Waals surface area contributed by atoms with Gasteiger partial charge < -0.3 is 29.0 Å². The third kappa shape index (κ3) is 6.34. The molecule has 204 valence electrons. The number of carbonyl (C=O) groups is 2. The lowest BCUT2D eigenvalue weighted by molar-refractivity contribution is -0.140. The number of benzene rings is 3. The van der Waals surface area contributed by atoms with E-state index in [9.17, 15) is 14.7 Å². The van der Waals surface area contributed by atoms with Gasteiger partial charge in [0.1, 0.15) is 35.4 Å². The number of Topliss-reactive ketones (excluding diaryl/α,β-unsaturated/α-hetero) is 1. The molecule has 39 heavy (non-hydrogen) atoms. The summed E-state index contributed by atoms with van der Waals surface area (Å²) in [5, 5.41) is 11.3. The van der Waals surface area contributed by atoms with Crippen molar-refractivity contribution in [2.75, 3.05) is 34.0 Å². The van der Waals surface area contributed by atoms with Crippen LogP contribution in [0.1, 0.15) is 31.0 Å². The molecule has 0 aromatic heterocycles. The van der Waals surface area contributed by atoms with Gasteiger partial charge in [-0.25, -0.2) is 0 Å². The summed E-state index contributed by atoms with van der Waals surface area (Å²) in [7, 11) is 3.15. The monoisotopic (exact) mass is 531 g/mol. The van der Waals surface area contributed by atoms with E-state index in [1.54, 1.807) is 87.0 Å². The van der Waals surface area contributed by atoms with Gasteiger partial charge in [-0.15, -0.1) is 0 Å². The molecule has 4 rings (SSSR count). The molecule has 0 spiro atoms. The van der Waals surface area contributed by atoms with E-state index in [4.69, 9.17) is 18.9 Å². The van der Waals surface area contributed by atoms with Gasteiger partial charge >= 0.3 is 0 Å². The molecule has 8 heteroatoms. The van der Waals surface area contributed by atoms with E-state index in [1.165, 1.54) is 4.90 Å². The van der Waals surface area contributed by atoms with Crippen LogP contribution in [0.15, 0.2) is 78.4 Å². The van der Waals surface area contributed by atoms with Crippen LogP contribution in [0.25, 0.3) is 5.76 Å². The Morgan fingerprint density at radius 3 is 1.87 bits per heavy atom. The van der Waals surface area contributed by atoms with Crippen molar-refractivity contribution in [1.82, 2.24) is 4.90 Å². The molecule has 0 bridgehead atoms. The average Bonchev–Trinajstić information content (AvgIpc) is 3.21. The first-order valence-electron chi connectivity index (χ1n) is 12.7. The quantitative estimate of drug-likeness (QED) is 0.205. The molecule has 3 aromatic rings. The van der Waals surface area contributed by atoms with E-state index in [0.717, 1.165) is 0 Å². The summed E-state index contributed by atoms with van der Waals surface area (Å²) in [6.07, 6.45) is 0. The molecule has 1 fully saturated rings. The van der Waals surface area contributed by atoms with E-state index in [0.29, 0.717) is 46.6 Å². The first-order valence-corrected chi connectivity index (χ1v) is 12.7. The Bertz CT molecular complexity index is 1310. The number of ketones is 1. The van der Waals surface area contributed by atoms with Gasteiger partial charge in [-0.05, 0) is 72.1 Å². The van der Waals surface area contributed by atoms with Gasteiger partial charge in [-0.3, -0.25) is 9.59 Å². The van der Waals surface area contributed by atoms with E-state index < -0.39 is 17.7 Å². The summed E-state index contributed by atoms with van der Waals surface area (Å²) in [5.74, 6) is 1.26. The highest BCUT2D eigenvalue weighted by atomic mass is 16.5. The lowest BCUT2D eigenvalue weighted by atomic mass is 9.95. The Hall–Kier alpha value is -4.46. The fourth-order valence-corrected chi connectivity index (χ4v) is 4.30. The molecular formula is C31H33NO7. The van der Waals surface area contributed by atoms with E-state index in [-0.39, 0.29) is 24.5 Å². The standard InChI is InChI=1S/C31H33NO7/c1-20(2)19-39-26-11-7-22(8-12-26)29(33)27-28(21-5-9-23(36-3)10-6-21)32(31(35)30(27)34)17-18-38-25-15-13-24(37-4)14-16-25/h5-16,20,28,33H,17-19H2,1-4H3/b29-27-. The van der Waals surface area contributed by atoms with Gasteiger partial charge in [-0.1, -0.05) is 26.0 Å². The molecule has 0 aliphatic carbocycles. The number of hydrogen-bond donors (Lipinski definition) is 1. The highest BCUT2D eigenvalue weighted by molar-refractivity contribution is 6.46. The number of hydrogen-bond acceptors (Lipinski definition) is 7. The summed E-state index contributed by atoms with van der Waals surface area (Å²) < 4.78 is 22.0. The molecule has 8 nitrogen and oxygen atoms in total. The molecule has 1 unspecified atom stereocenters. The Morgan fingerprint density at radius 1 is 0.795 bits per heavy atom. The van der Waals surface area contributed by atoms with Crippen LogP contribution in [-0.4, -0.2) is 55.7 Å². The second-order valence-electron chi connectivity index (χ2n) is 9.52. The van der Waals surface area contributed by atoms with Gasteiger partial charge in [0.25, 0.3) is 11.7 Å². The normalized spacial score (nSPS) is 16.4. The fraction of sp³-hybridized carbons (Fsp3) is 0.290. The third-order valence-corrected chi connectivity index (χ3v) is 6.34. The number of rotatable bonds is 11. The molecule has 3 aromatic carbocycles. The number of aliphatic hydroxyl groups is 1.